The summed E-state index contributed by atoms with van der Waals surface area (Å²) in [5.41, 5.74) is 4.24. The van der Waals surface area contributed by atoms with Crippen LogP contribution in [-0.2, 0) is 4.79 Å². The van der Waals surface area contributed by atoms with Crippen molar-refractivity contribution in [1.29, 1.82) is 0 Å². The molecule has 1 aliphatic carbocycles. The Morgan fingerprint density at radius 1 is 1.07 bits per heavy atom. The lowest BCUT2D eigenvalue weighted by Gasteiger charge is -2.32. The molecule has 1 saturated carbocycles. The number of hydrogen-bond donors (Lipinski definition) is 1. The van der Waals surface area contributed by atoms with Gasteiger partial charge in [0, 0.05) is 25.0 Å². The highest BCUT2D eigenvalue weighted by Crippen LogP contribution is 2.34. The Hall–Kier alpha value is -2.41. The third-order valence-corrected chi connectivity index (χ3v) is 7.71. The van der Waals surface area contributed by atoms with Crippen molar-refractivity contribution < 1.29 is 4.79 Å². The quantitative estimate of drug-likeness (QED) is 0.677. The molecule has 3 heterocycles. The molecule has 0 bridgehead atoms. The van der Waals surface area contributed by atoms with E-state index in [9.17, 15) is 4.79 Å². The van der Waals surface area contributed by atoms with Gasteiger partial charge in [0.2, 0.25) is 5.91 Å². The van der Waals surface area contributed by atoms with Crippen molar-refractivity contribution in [2.75, 3.05) is 18.0 Å². The van der Waals surface area contributed by atoms with Gasteiger partial charge in [0.25, 0.3) is 0 Å². The second-order valence-corrected chi connectivity index (χ2v) is 9.71. The first-order valence-corrected chi connectivity index (χ1v) is 11.9. The van der Waals surface area contributed by atoms with Crippen molar-refractivity contribution in [1.82, 2.24) is 20.1 Å². The minimum atomic E-state index is 0.250. The number of aryl methyl sites for hydroxylation is 2. The maximum Gasteiger partial charge on any atom is 0.223 e. The summed E-state index contributed by atoms with van der Waals surface area (Å²) in [5, 5.41) is 9.08. The summed E-state index contributed by atoms with van der Waals surface area (Å²) >= 11 is 1.73. The number of anilines is 1. The summed E-state index contributed by atoms with van der Waals surface area (Å²) in [6, 6.07) is 8.71. The fourth-order valence-corrected chi connectivity index (χ4v) is 5.68. The van der Waals surface area contributed by atoms with Gasteiger partial charge in [0.05, 0.1) is 16.1 Å². The largest absolute Gasteiger partial charge is 0.353 e. The predicted molar refractivity (Wildman–Crippen MR) is 122 cm³/mol. The normalized spacial score (nSPS) is 18.4. The average Bonchev–Trinajstić information content (AvgIpc) is 3.48. The van der Waals surface area contributed by atoms with Gasteiger partial charge in [-0.3, -0.25) is 4.79 Å². The van der Waals surface area contributed by atoms with Crippen molar-refractivity contribution in [2.45, 2.75) is 58.4 Å². The Morgan fingerprint density at radius 3 is 2.47 bits per heavy atom. The molecule has 2 aromatic heterocycles. The molecule has 3 aromatic rings. The van der Waals surface area contributed by atoms with Crippen molar-refractivity contribution in [3.63, 3.8) is 0 Å². The number of piperidine rings is 1. The maximum absolute atomic E-state index is 12.4. The number of fused-ring (bicyclic) bond motifs is 1. The molecule has 7 heteroatoms. The van der Waals surface area contributed by atoms with Crippen LogP contribution in [0.3, 0.4) is 0 Å². The zero-order valence-corrected chi connectivity index (χ0v) is 18.5. The van der Waals surface area contributed by atoms with E-state index in [0.29, 0.717) is 6.04 Å². The summed E-state index contributed by atoms with van der Waals surface area (Å²) < 4.78 is 3.11. The van der Waals surface area contributed by atoms with Crippen LogP contribution < -0.4 is 10.2 Å². The number of carbonyl (C=O) groups excluding carboxylic acids is 1. The number of aromatic nitrogens is 3. The third kappa shape index (κ3) is 3.71. The molecule has 1 saturated heterocycles. The first-order chi connectivity index (χ1) is 14.6. The smallest absolute Gasteiger partial charge is 0.223 e. The number of benzene rings is 1. The fraction of sp³-hybridized carbons (Fsp3) is 0.522. The number of hydrogen-bond acceptors (Lipinski definition) is 5. The van der Waals surface area contributed by atoms with E-state index in [1.807, 2.05) is 4.68 Å². The summed E-state index contributed by atoms with van der Waals surface area (Å²) in [5.74, 6) is 0.528. The number of rotatable bonds is 4. The van der Waals surface area contributed by atoms with Crippen LogP contribution in [0.2, 0.25) is 0 Å². The highest BCUT2D eigenvalue weighted by molar-refractivity contribution is 7.22. The van der Waals surface area contributed by atoms with Crippen LogP contribution in [0.1, 0.15) is 49.8 Å². The molecule has 6 nitrogen and oxygen atoms in total. The van der Waals surface area contributed by atoms with Crippen molar-refractivity contribution in [3.05, 3.63) is 35.5 Å². The van der Waals surface area contributed by atoms with Crippen LogP contribution >= 0.6 is 11.3 Å². The first kappa shape index (κ1) is 19.5. The molecule has 0 radical (unpaired) electrons. The molecule has 158 valence electrons. The van der Waals surface area contributed by atoms with Gasteiger partial charge in [-0.25, -0.2) is 4.68 Å². The molecule has 1 N–H and O–H groups in total. The number of nitrogens with one attached hydrogen (secondary N) is 1. The topological polar surface area (TPSA) is 63.1 Å². The van der Waals surface area contributed by atoms with Crippen LogP contribution in [0.4, 0.5) is 5.13 Å². The average molecular weight is 424 g/mol. The van der Waals surface area contributed by atoms with Gasteiger partial charge < -0.3 is 10.2 Å². The van der Waals surface area contributed by atoms with Crippen molar-refractivity contribution >= 4 is 32.7 Å². The minimum absolute atomic E-state index is 0.250. The monoisotopic (exact) mass is 423 g/mol. The first-order valence-electron chi connectivity index (χ1n) is 11.1. The second-order valence-electron chi connectivity index (χ2n) is 8.73. The van der Waals surface area contributed by atoms with E-state index in [-0.39, 0.29) is 11.8 Å². The molecule has 0 unspecified atom stereocenters. The van der Waals surface area contributed by atoms with E-state index in [1.54, 1.807) is 11.3 Å². The number of nitrogens with zero attached hydrogens (tertiary/aromatic N) is 4. The number of thiazole rings is 1. The van der Waals surface area contributed by atoms with Crippen molar-refractivity contribution in [2.24, 2.45) is 5.92 Å². The SMILES string of the molecule is Cc1ccc(-n2nc(C)c3sc(N4CCC(NC(=O)C5CCCC5)CC4)nc32)cc1. The van der Waals surface area contributed by atoms with Crippen LogP contribution in [-0.4, -0.2) is 39.8 Å². The number of amides is 1. The van der Waals surface area contributed by atoms with Crippen molar-refractivity contribution in [3.8, 4) is 5.69 Å². The van der Waals surface area contributed by atoms with E-state index in [4.69, 9.17) is 10.1 Å². The Kier molecular flexibility index (Phi) is 5.23. The van der Waals surface area contributed by atoms with Gasteiger partial charge in [-0.1, -0.05) is 41.9 Å². The Bertz CT molecular complexity index is 1040. The van der Waals surface area contributed by atoms with E-state index >= 15 is 0 Å². The zero-order valence-electron chi connectivity index (χ0n) is 17.7. The highest BCUT2D eigenvalue weighted by atomic mass is 32.1. The maximum atomic E-state index is 12.4. The predicted octanol–water partition coefficient (Wildman–Crippen LogP) is 4.37. The summed E-state index contributed by atoms with van der Waals surface area (Å²) in [6.45, 7) is 6.01. The van der Waals surface area contributed by atoms with Gasteiger partial charge in [-0.05, 0) is 51.7 Å². The van der Waals surface area contributed by atoms with Crippen LogP contribution in [0.5, 0.6) is 0 Å². The lowest BCUT2D eigenvalue weighted by molar-refractivity contribution is -0.125. The molecule has 1 aromatic carbocycles. The molecule has 5 rings (SSSR count). The lowest BCUT2D eigenvalue weighted by Crippen LogP contribution is -2.46. The molecule has 2 aliphatic rings. The van der Waals surface area contributed by atoms with E-state index < -0.39 is 0 Å². The van der Waals surface area contributed by atoms with E-state index in [1.165, 1.54) is 18.4 Å². The van der Waals surface area contributed by atoms with Gasteiger partial charge >= 0.3 is 0 Å². The molecule has 0 atom stereocenters. The fourth-order valence-electron chi connectivity index (χ4n) is 4.65. The molecule has 30 heavy (non-hydrogen) atoms. The minimum Gasteiger partial charge on any atom is -0.353 e. The Morgan fingerprint density at radius 2 is 1.77 bits per heavy atom. The molecule has 2 fully saturated rings. The van der Waals surface area contributed by atoms with Gasteiger partial charge in [-0.15, -0.1) is 0 Å². The summed E-state index contributed by atoms with van der Waals surface area (Å²) in [7, 11) is 0. The van der Waals surface area contributed by atoms with E-state index in [2.05, 4.69) is 48.3 Å². The highest BCUT2D eigenvalue weighted by Gasteiger charge is 2.28. The van der Waals surface area contributed by atoms with Crippen LogP contribution in [0.25, 0.3) is 16.0 Å². The van der Waals surface area contributed by atoms with E-state index in [0.717, 1.165) is 65.6 Å². The Balaban J connectivity index is 1.28. The third-order valence-electron chi connectivity index (χ3n) is 6.49. The summed E-state index contributed by atoms with van der Waals surface area (Å²) in [4.78, 5) is 19.8. The molecule has 0 spiro atoms. The molecular weight excluding hydrogens is 394 g/mol. The van der Waals surface area contributed by atoms with Crippen LogP contribution in [0.15, 0.2) is 24.3 Å². The van der Waals surface area contributed by atoms with Gasteiger partial charge in [0.15, 0.2) is 10.8 Å². The van der Waals surface area contributed by atoms with Gasteiger partial charge in [0.1, 0.15) is 0 Å². The number of carbonyl (C=O) groups is 1. The van der Waals surface area contributed by atoms with Crippen LogP contribution in [0, 0.1) is 19.8 Å². The van der Waals surface area contributed by atoms with Gasteiger partial charge in [-0.2, -0.15) is 10.1 Å². The molecule has 1 aliphatic heterocycles. The molecular formula is C23H29N5OS. The molecule has 1 amide bonds. The second kappa shape index (κ2) is 8.02. The Labute approximate surface area is 181 Å². The summed E-state index contributed by atoms with van der Waals surface area (Å²) in [6.07, 6.45) is 6.50. The lowest BCUT2D eigenvalue weighted by atomic mass is 10.0. The standard InChI is InChI=1S/C23H29N5OS/c1-15-7-9-19(10-8-15)28-21-20(16(2)26-28)30-23(25-21)27-13-11-18(12-14-27)24-22(29)17-5-3-4-6-17/h7-10,17-18H,3-6,11-14H2,1-2H3,(H,24,29). The zero-order chi connectivity index (χ0) is 20.7.